The van der Waals surface area contributed by atoms with Gasteiger partial charge in [-0.05, 0) is 29.8 Å². The minimum Gasteiger partial charge on any atom is -0.478 e. The summed E-state index contributed by atoms with van der Waals surface area (Å²) in [5.41, 5.74) is 0.0780. The van der Waals surface area contributed by atoms with Crippen LogP contribution in [-0.2, 0) is 5.75 Å². The maximum absolute atomic E-state index is 11.9. The van der Waals surface area contributed by atoms with E-state index >= 15 is 0 Å². The van der Waals surface area contributed by atoms with E-state index in [-0.39, 0.29) is 11.3 Å². The lowest BCUT2D eigenvalue weighted by atomic mass is 10.3. The summed E-state index contributed by atoms with van der Waals surface area (Å²) < 4.78 is 5.36. The van der Waals surface area contributed by atoms with Gasteiger partial charge in [-0.15, -0.1) is 11.3 Å². The third kappa shape index (κ3) is 3.18. The Labute approximate surface area is 117 Å². The van der Waals surface area contributed by atoms with Gasteiger partial charge in [0.05, 0.1) is 11.3 Å². The fourth-order valence-electron chi connectivity index (χ4n) is 1.46. The minimum atomic E-state index is -1.07. The zero-order valence-corrected chi connectivity index (χ0v) is 11.6. The molecule has 0 aromatic carbocycles. The first-order chi connectivity index (χ1) is 9.11. The zero-order chi connectivity index (χ0) is 13.8. The van der Waals surface area contributed by atoms with Crippen molar-refractivity contribution in [1.29, 1.82) is 0 Å². The molecule has 0 saturated carbocycles. The Hall–Kier alpha value is -1.73. The van der Waals surface area contributed by atoms with Crippen LogP contribution in [0.5, 0.6) is 0 Å². The number of carbonyl (C=O) groups is 2. The first-order valence-corrected chi connectivity index (χ1v) is 7.59. The molecule has 2 N–H and O–H groups in total. The molecule has 0 spiro atoms. The number of carboxylic acids is 1. The molecule has 5 nitrogen and oxygen atoms in total. The molecule has 0 saturated heterocycles. The van der Waals surface area contributed by atoms with Crippen LogP contribution in [-0.4, -0.2) is 23.2 Å². The molecule has 0 aliphatic rings. The van der Waals surface area contributed by atoms with E-state index in [1.807, 2.05) is 6.26 Å². The highest BCUT2D eigenvalue weighted by Gasteiger charge is 2.17. The number of hydrogen-bond donors (Lipinski definition) is 2. The van der Waals surface area contributed by atoms with Gasteiger partial charge in [0.15, 0.2) is 5.76 Å². The average Bonchev–Trinajstić information content (AvgIpc) is 2.98. The molecule has 0 atom stereocenters. The Kier molecular flexibility index (Phi) is 4.28. The fourth-order valence-corrected chi connectivity index (χ4v) is 2.67. The predicted octanol–water partition coefficient (Wildman–Crippen LogP) is 3.15. The fraction of sp³-hybridized carbons (Fsp3) is 0.167. The number of aromatic carboxylic acids is 1. The molecule has 0 radical (unpaired) electrons. The molecule has 0 unspecified atom stereocenters. The zero-order valence-electron chi connectivity index (χ0n) is 10.0. The van der Waals surface area contributed by atoms with Crippen molar-refractivity contribution in [3.63, 3.8) is 0 Å². The first-order valence-electron chi connectivity index (χ1n) is 5.31. The monoisotopic (exact) mass is 297 g/mol. The third-order valence-electron chi connectivity index (χ3n) is 2.29. The van der Waals surface area contributed by atoms with Crippen LogP contribution >= 0.6 is 23.1 Å². The summed E-state index contributed by atoms with van der Waals surface area (Å²) in [4.78, 5) is 22.8. The standard InChI is InChI=1S/C12H11NO4S2/c1-18-6-7-2-3-9(17-7)10(14)13-11-8(12(15)16)4-5-19-11/h2-5H,6H2,1H3,(H,13,14)(H,15,16). The molecule has 19 heavy (non-hydrogen) atoms. The lowest BCUT2D eigenvalue weighted by Crippen LogP contribution is -2.12. The van der Waals surface area contributed by atoms with Crippen LogP contribution in [0.4, 0.5) is 5.00 Å². The van der Waals surface area contributed by atoms with Gasteiger partial charge >= 0.3 is 5.97 Å². The van der Waals surface area contributed by atoms with E-state index in [1.54, 1.807) is 29.3 Å². The number of amides is 1. The lowest BCUT2D eigenvalue weighted by Gasteiger charge is -2.01. The number of thioether (sulfide) groups is 1. The van der Waals surface area contributed by atoms with Crippen LogP contribution in [0.25, 0.3) is 0 Å². The van der Waals surface area contributed by atoms with E-state index < -0.39 is 11.9 Å². The second-order valence-corrected chi connectivity index (χ2v) is 5.40. The van der Waals surface area contributed by atoms with Gasteiger partial charge in [-0.3, -0.25) is 4.79 Å². The number of anilines is 1. The van der Waals surface area contributed by atoms with Crippen LogP contribution in [0.3, 0.4) is 0 Å². The number of thiophene rings is 1. The van der Waals surface area contributed by atoms with Crippen LogP contribution in [0.2, 0.25) is 0 Å². The molecular formula is C12H11NO4S2. The highest BCUT2D eigenvalue weighted by Crippen LogP contribution is 2.24. The largest absolute Gasteiger partial charge is 0.478 e. The SMILES string of the molecule is CSCc1ccc(C(=O)Nc2sccc2C(=O)O)o1. The number of nitrogens with one attached hydrogen (secondary N) is 1. The summed E-state index contributed by atoms with van der Waals surface area (Å²) in [6.45, 7) is 0. The summed E-state index contributed by atoms with van der Waals surface area (Å²) in [6.07, 6.45) is 1.94. The summed E-state index contributed by atoms with van der Waals surface area (Å²) in [6, 6.07) is 4.76. The van der Waals surface area contributed by atoms with Crippen molar-refractivity contribution in [3.8, 4) is 0 Å². The maximum atomic E-state index is 11.9. The van der Waals surface area contributed by atoms with E-state index in [4.69, 9.17) is 9.52 Å². The number of carbonyl (C=O) groups excluding carboxylic acids is 1. The van der Waals surface area contributed by atoms with Crippen LogP contribution in [0.1, 0.15) is 26.7 Å². The van der Waals surface area contributed by atoms with Gasteiger partial charge in [-0.25, -0.2) is 4.79 Å². The van der Waals surface area contributed by atoms with Crippen molar-refractivity contribution in [3.05, 3.63) is 40.7 Å². The number of carboxylic acid groups (broad SMARTS) is 1. The quantitative estimate of drug-likeness (QED) is 0.886. The molecule has 1 amide bonds. The number of hydrogen-bond acceptors (Lipinski definition) is 5. The van der Waals surface area contributed by atoms with Gasteiger partial charge < -0.3 is 14.8 Å². The van der Waals surface area contributed by atoms with Crippen molar-refractivity contribution in [2.45, 2.75) is 5.75 Å². The smallest absolute Gasteiger partial charge is 0.338 e. The van der Waals surface area contributed by atoms with Crippen molar-refractivity contribution < 1.29 is 19.1 Å². The predicted molar refractivity (Wildman–Crippen MR) is 75.2 cm³/mol. The summed E-state index contributed by atoms with van der Waals surface area (Å²) >= 11 is 2.75. The highest BCUT2D eigenvalue weighted by atomic mass is 32.2. The minimum absolute atomic E-state index is 0.0780. The van der Waals surface area contributed by atoms with E-state index in [0.29, 0.717) is 16.5 Å². The molecular weight excluding hydrogens is 286 g/mol. The Balaban J connectivity index is 2.11. The topological polar surface area (TPSA) is 79.5 Å². The van der Waals surface area contributed by atoms with E-state index in [9.17, 15) is 9.59 Å². The van der Waals surface area contributed by atoms with E-state index in [0.717, 1.165) is 11.3 Å². The third-order valence-corrected chi connectivity index (χ3v) is 3.70. The average molecular weight is 297 g/mol. The molecule has 2 aromatic rings. The van der Waals surface area contributed by atoms with Crippen molar-refractivity contribution in [1.82, 2.24) is 0 Å². The van der Waals surface area contributed by atoms with Crippen molar-refractivity contribution >= 4 is 40.0 Å². The van der Waals surface area contributed by atoms with E-state index in [2.05, 4.69) is 5.32 Å². The van der Waals surface area contributed by atoms with Gasteiger partial charge in [0.25, 0.3) is 5.91 Å². The Morgan fingerprint density at radius 3 is 2.89 bits per heavy atom. The molecule has 0 aliphatic heterocycles. The second kappa shape index (κ2) is 5.94. The highest BCUT2D eigenvalue weighted by molar-refractivity contribution is 7.97. The summed E-state index contributed by atoms with van der Waals surface area (Å²) in [7, 11) is 0. The van der Waals surface area contributed by atoms with Crippen LogP contribution < -0.4 is 5.32 Å². The Morgan fingerprint density at radius 2 is 2.21 bits per heavy atom. The first kappa shape index (κ1) is 13.7. The van der Waals surface area contributed by atoms with Gasteiger partial charge in [0, 0.05) is 0 Å². The van der Waals surface area contributed by atoms with Gasteiger partial charge in [-0.1, -0.05) is 0 Å². The molecule has 100 valence electrons. The van der Waals surface area contributed by atoms with Gasteiger partial charge in [-0.2, -0.15) is 11.8 Å². The Morgan fingerprint density at radius 1 is 1.42 bits per heavy atom. The summed E-state index contributed by atoms with van der Waals surface area (Å²) in [5, 5.41) is 13.4. The van der Waals surface area contributed by atoms with E-state index in [1.165, 1.54) is 6.07 Å². The molecule has 2 heterocycles. The molecule has 0 aliphatic carbocycles. The normalized spacial score (nSPS) is 10.4. The number of furan rings is 1. The van der Waals surface area contributed by atoms with Crippen LogP contribution in [0, 0.1) is 0 Å². The maximum Gasteiger partial charge on any atom is 0.338 e. The summed E-state index contributed by atoms with van der Waals surface area (Å²) in [5.74, 6) is 0.0552. The van der Waals surface area contributed by atoms with Gasteiger partial charge in [0.2, 0.25) is 0 Å². The lowest BCUT2D eigenvalue weighted by molar-refractivity contribution is 0.0698. The second-order valence-electron chi connectivity index (χ2n) is 3.62. The number of rotatable bonds is 5. The molecule has 2 aromatic heterocycles. The molecule has 7 heteroatoms. The van der Waals surface area contributed by atoms with Gasteiger partial charge in [0.1, 0.15) is 10.8 Å². The van der Waals surface area contributed by atoms with Crippen molar-refractivity contribution in [2.75, 3.05) is 11.6 Å². The molecule has 0 bridgehead atoms. The van der Waals surface area contributed by atoms with Crippen LogP contribution in [0.15, 0.2) is 28.0 Å². The molecule has 2 rings (SSSR count). The molecule has 0 fully saturated rings. The van der Waals surface area contributed by atoms with Crippen molar-refractivity contribution in [2.24, 2.45) is 0 Å². The Bertz CT molecular complexity index is 602.